The fourth-order valence-electron chi connectivity index (χ4n) is 2.76. The predicted octanol–water partition coefficient (Wildman–Crippen LogP) is 3.56. The van der Waals surface area contributed by atoms with Gasteiger partial charge in [0.1, 0.15) is 5.82 Å². The van der Waals surface area contributed by atoms with Crippen LogP contribution >= 0.6 is 0 Å². The third-order valence-electron chi connectivity index (χ3n) is 4.21. The van der Waals surface area contributed by atoms with Crippen LogP contribution < -0.4 is 5.32 Å². The number of pyridine rings is 1. The number of aromatic nitrogens is 1. The van der Waals surface area contributed by atoms with Crippen LogP contribution in [-0.2, 0) is 0 Å². The summed E-state index contributed by atoms with van der Waals surface area (Å²) in [5, 5.41) is 3.26. The van der Waals surface area contributed by atoms with Crippen molar-refractivity contribution in [3.05, 3.63) is 23.9 Å². The van der Waals surface area contributed by atoms with Gasteiger partial charge in [0.2, 0.25) is 0 Å². The van der Waals surface area contributed by atoms with Gasteiger partial charge in [-0.3, -0.25) is 4.79 Å². The fourth-order valence-corrected chi connectivity index (χ4v) is 2.76. The van der Waals surface area contributed by atoms with E-state index in [9.17, 15) is 4.79 Å². The highest BCUT2D eigenvalue weighted by Gasteiger charge is 2.27. The molecular formula is C17H27N3O. The quantitative estimate of drug-likeness (QED) is 0.922. The third-order valence-corrected chi connectivity index (χ3v) is 4.21. The molecule has 4 heteroatoms. The van der Waals surface area contributed by atoms with Crippen molar-refractivity contribution < 1.29 is 4.79 Å². The van der Waals surface area contributed by atoms with Crippen LogP contribution in [0.4, 0.5) is 5.82 Å². The maximum absolute atomic E-state index is 12.8. The van der Waals surface area contributed by atoms with Crippen LogP contribution in [0, 0.1) is 5.41 Å². The maximum Gasteiger partial charge on any atom is 0.257 e. The number of anilines is 1. The highest BCUT2D eigenvalue weighted by molar-refractivity contribution is 5.98. The van der Waals surface area contributed by atoms with Gasteiger partial charge in [-0.15, -0.1) is 0 Å². The Bertz CT molecular complexity index is 485. The van der Waals surface area contributed by atoms with E-state index in [1.165, 1.54) is 6.42 Å². The van der Waals surface area contributed by atoms with E-state index in [1.807, 2.05) is 17.0 Å². The van der Waals surface area contributed by atoms with Gasteiger partial charge in [-0.05, 0) is 43.2 Å². The molecule has 0 aromatic carbocycles. The molecule has 0 atom stereocenters. The average Bonchev–Trinajstić information content (AvgIpc) is 2.65. The molecule has 116 valence electrons. The molecule has 0 bridgehead atoms. The number of rotatable bonds is 4. The van der Waals surface area contributed by atoms with Crippen molar-refractivity contribution in [1.82, 2.24) is 9.88 Å². The lowest BCUT2D eigenvalue weighted by Crippen LogP contribution is -2.33. The molecule has 0 radical (unpaired) electrons. The second-order valence-electron chi connectivity index (χ2n) is 6.64. The fraction of sp³-hybridized carbons (Fsp3) is 0.647. The van der Waals surface area contributed by atoms with Gasteiger partial charge in [0, 0.05) is 25.8 Å². The molecule has 1 aromatic heterocycles. The zero-order valence-electron chi connectivity index (χ0n) is 13.5. The predicted molar refractivity (Wildman–Crippen MR) is 86.6 cm³/mol. The molecule has 2 rings (SSSR count). The van der Waals surface area contributed by atoms with E-state index in [1.54, 1.807) is 6.20 Å². The lowest BCUT2D eigenvalue weighted by molar-refractivity contribution is 0.0758. The average molecular weight is 289 g/mol. The molecule has 1 saturated heterocycles. The smallest absolute Gasteiger partial charge is 0.257 e. The third kappa shape index (κ3) is 4.19. The molecule has 1 N–H and O–H groups in total. The van der Waals surface area contributed by atoms with E-state index in [0.717, 1.165) is 38.9 Å². The van der Waals surface area contributed by atoms with Crippen molar-refractivity contribution in [2.45, 2.75) is 46.5 Å². The number of hydrogen-bond donors (Lipinski definition) is 1. The van der Waals surface area contributed by atoms with Crippen LogP contribution in [0.3, 0.4) is 0 Å². The number of nitrogens with one attached hydrogen (secondary N) is 1. The summed E-state index contributed by atoms with van der Waals surface area (Å²) < 4.78 is 0. The zero-order valence-corrected chi connectivity index (χ0v) is 13.5. The Kier molecular flexibility index (Phi) is 5.21. The maximum atomic E-state index is 12.8. The van der Waals surface area contributed by atoms with Crippen molar-refractivity contribution in [1.29, 1.82) is 0 Å². The van der Waals surface area contributed by atoms with E-state index in [-0.39, 0.29) is 5.91 Å². The Labute approximate surface area is 127 Å². The Morgan fingerprint density at radius 3 is 2.95 bits per heavy atom. The molecule has 4 nitrogen and oxygen atoms in total. The minimum absolute atomic E-state index is 0.111. The first-order valence-corrected chi connectivity index (χ1v) is 8.02. The number of nitrogens with zero attached hydrogens (tertiary/aromatic N) is 2. The van der Waals surface area contributed by atoms with Crippen molar-refractivity contribution in [3.8, 4) is 0 Å². The van der Waals surface area contributed by atoms with Gasteiger partial charge in [0.05, 0.1) is 5.56 Å². The largest absolute Gasteiger partial charge is 0.369 e. The lowest BCUT2D eigenvalue weighted by atomic mass is 9.85. The van der Waals surface area contributed by atoms with E-state index in [4.69, 9.17) is 0 Å². The Hall–Kier alpha value is -1.58. The minimum atomic E-state index is 0.111. The zero-order chi connectivity index (χ0) is 15.3. The molecule has 1 aliphatic heterocycles. The monoisotopic (exact) mass is 289 g/mol. The van der Waals surface area contributed by atoms with Gasteiger partial charge in [0.15, 0.2) is 0 Å². The first-order valence-electron chi connectivity index (χ1n) is 8.02. The van der Waals surface area contributed by atoms with E-state index in [0.29, 0.717) is 16.8 Å². The van der Waals surface area contributed by atoms with Crippen LogP contribution in [0.15, 0.2) is 18.3 Å². The highest BCUT2D eigenvalue weighted by atomic mass is 16.2. The molecule has 1 amide bonds. The van der Waals surface area contributed by atoms with Crippen molar-refractivity contribution in [2.24, 2.45) is 5.41 Å². The van der Waals surface area contributed by atoms with Crippen LogP contribution in [-0.4, -0.2) is 35.4 Å². The van der Waals surface area contributed by atoms with Gasteiger partial charge in [0.25, 0.3) is 5.91 Å². The summed E-state index contributed by atoms with van der Waals surface area (Å²) in [5.74, 6) is 0.826. The summed E-state index contributed by atoms with van der Waals surface area (Å²) in [6.07, 6.45) is 6.08. The molecule has 0 spiro atoms. The molecule has 2 heterocycles. The Balaban J connectivity index is 2.12. The van der Waals surface area contributed by atoms with Gasteiger partial charge >= 0.3 is 0 Å². The van der Waals surface area contributed by atoms with Gasteiger partial charge in [-0.25, -0.2) is 4.98 Å². The topological polar surface area (TPSA) is 45.2 Å². The van der Waals surface area contributed by atoms with E-state index < -0.39 is 0 Å². The molecule has 1 aromatic rings. The first kappa shape index (κ1) is 15.8. The van der Waals surface area contributed by atoms with E-state index >= 15 is 0 Å². The second kappa shape index (κ2) is 6.92. The molecular weight excluding hydrogens is 262 g/mol. The van der Waals surface area contributed by atoms with Crippen LogP contribution in [0.25, 0.3) is 0 Å². The molecule has 0 unspecified atom stereocenters. The summed E-state index contributed by atoms with van der Waals surface area (Å²) in [5.41, 5.74) is 1.04. The summed E-state index contributed by atoms with van der Waals surface area (Å²) >= 11 is 0. The molecule has 0 saturated carbocycles. The minimum Gasteiger partial charge on any atom is -0.369 e. The van der Waals surface area contributed by atoms with Crippen LogP contribution in [0.1, 0.15) is 56.8 Å². The molecule has 21 heavy (non-hydrogen) atoms. The van der Waals surface area contributed by atoms with Crippen molar-refractivity contribution in [2.75, 3.05) is 25.0 Å². The lowest BCUT2D eigenvalue weighted by Gasteiger charge is -2.24. The summed E-state index contributed by atoms with van der Waals surface area (Å²) in [4.78, 5) is 19.1. The number of amides is 1. The summed E-state index contributed by atoms with van der Waals surface area (Å²) in [6, 6.07) is 3.72. The van der Waals surface area contributed by atoms with Gasteiger partial charge in [-0.2, -0.15) is 0 Å². The van der Waals surface area contributed by atoms with Crippen molar-refractivity contribution >= 4 is 11.7 Å². The number of carbonyl (C=O) groups excluding carboxylic acids is 1. The van der Waals surface area contributed by atoms with Gasteiger partial charge in [-0.1, -0.05) is 20.8 Å². The number of carbonyl (C=O) groups is 1. The summed E-state index contributed by atoms with van der Waals surface area (Å²) in [6.45, 7) is 9.22. The Morgan fingerprint density at radius 2 is 2.19 bits per heavy atom. The van der Waals surface area contributed by atoms with E-state index in [2.05, 4.69) is 31.1 Å². The Morgan fingerprint density at radius 1 is 1.38 bits per heavy atom. The molecule has 1 fully saturated rings. The van der Waals surface area contributed by atoms with Gasteiger partial charge < -0.3 is 10.2 Å². The standard InChI is InChI=1S/C17H27N3O/c1-4-10-18-15-14(7-5-11-19-15)16(21)20-12-6-8-17(2,3)9-13-20/h5,7,11H,4,6,8-10,12-13H2,1-3H3,(H,18,19). The summed E-state index contributed by atoms with van der Waals surface area (Å²) in [7, 11) is 0. The molecule has 1 aliphatic rings. The normalized spacial score (nSPS) is 18.1. The molecule has 0 aliphatic carbocycles. The number of likely N-dealkylation sites (tertiary alicyclic amines) is 1. The highest BCUT2D eigenvalue weighted by Crippen LogP contribution is 2.30. The second-order valence-corrected chi connectivity index (χ2v) is 6.64. The first-order chi connectivity index (χ1) is 10.0. The van der Waals surface area contributed by atoms with Crippen LogP contribution in [0.2, 0.25) is 0 Å². The van der Waals surface area contributed by atoms with Crippen molar-refractivity contribution in [3.63, 3.8) is 0 Å². The van der Waals surface area contributed by atoms with Crippen LogP contribution in [0.5, 0.6) is 0 Å². The SMILES string of the molecule is CCCNc1ncccc1C(=O)N1CCCC(C)(C)CC1. The number of hydrogen-bond acceptors (Lipinski definition) is 3.